The van der Waals surface area contributed by atoms with Gasteiger partial charge in [-0.1, -0.05) is 0 Å². The zero-order chi connectivity index (χ0) is 18.9. The van der Waals surface area contributed by atoms with Crippen LogP contribution in [0, 0.1) is 6.92 Å². The Morgan fingerprint density at radius 2 is 2.08 bits per heavy atom. The Balaban J connectivity index is 0.00000625. The lowest BCUT2D eigenvalue weighted by atomic mass is 10.2. The van der Waals surface area contributed by atoms with Crippen molar-refractivity contribution in [3.63, 3.8) is 0 Å². The molecule has 0 saturated heterocycles. The first-order valence-corrected chi connectivity index (χ1v) is 9.40. The van der Waals surface area contributed by atoms with Crippen LogP contribution in [0.5, 0.6) is 0 Å². The summed E-state index contributed by atoms with van der Waals surface area (Å²) in [6.45, 7) is 12.2. The van der Waals surface area contributed by atoms with Gasteiger partial charge < -0.3 is 20.3 Å². The minimum absolute atomic E-state index is 0. The van der Waals surface area contributed by atoms with E-state index in [1.807, 2.05) is 33.9 Å². The minimum atomic E-state index is -0.483. The number of carbonyl (C=O) groups is 1. The summed E-state index contributed by atoms with van der Waals surface area (Å²) in [5.41, 5.74) is -0.483. The third-order valence-electron chi connectivity index (χ3n) is 3.05. The molecule has 26 heavy (non-hydrogen) atoms. The van der Waals surface area contributed by atoms with E-state index in [-0.39, 0.29) is 30.1 Å². The van der Waals surface area contributed by atoms with E-state index in [0.717, 1.165) is 23.9 Å². The number of rotatable bonds is 7. The molecule has 0 unspecified atom stereocenters. The maximum Gasteiger partial charge on any atom is 0.410 e. The third kappa shape index (κ3) is 10.8. The van der Waals surface area contributed by atoms with Crippen LogP contribution in [0.4, 0.5) is 4.79 Å². The van der Waals surface area contributed by atoms with E-state index in [9.17, 15) is 4.79 Å². The number of aromatic nitrogens is 1. The molecule has 0 aromatic carbocycles. The molecule has 1 aromatic rings. The lowest BCUT2D eigenvalue weighted by Gasteiger charge is -2.24. The number of likely N-dealkylation sites (N-methyl/N-ethyl adjacent to an activating group) is 1. The first kappa shape index (κ1) is 24.9. The lowest BCUT2D eigenvalue weighted by molar-refractivity contribution is 0.0302. The van der Waals surface area contributed by atoms with E-state index in [0.29, 0.717) is 19.6 Å². The third-order valence-corrected chi connectivity index (χ3v) is 4.03. The number of hydrogen-bond donors (Lipinski definition) is 2. The Kier molecular flexibility index (Phi) is 11.8. The van der Waals surface area contributed by atoms with Crippen molar-refractivity contribution in [1.29, 1.82) is 0 Å². The van der Waals surface area contributed by atoms with E-state index in [2.05, 4.69) is 27.5 Å². The van der Waals surface area contributed by atoms with Crippen molar-refractivity contribution in [3.05, 3.63) is 16.1 Å². The highest BCUT2D eigenvalue weighted by Gasteiger charge is 2.19. The van der Waals surface area contributed by atoms with Crippen LogP contribution >= 0.6 is 35.3 Å². The van der Waals surface area contributed by atoms with Gasteiger partial charge in [0.2, 0.25) is 0 Å². The standard InChI is InChI=1S/C17H31N5O2S.HI/c1-7-18-15(19-9-8-14-21-12-13(2)25-14)20-10-11-22(6)16(23)24-17(3,4)5;/h12H,7-11H2,1-6H3,(H2,18,19,20);1H. The number of aryl methyl sites for hydroxylation is 1. The van der Waals surface area contributed by atoms with E-state index in [1.54, 1.807) is 23.3 Å². The second kappa shape index (κ2) is 12.3. The van der Waals surface area contributed by atoms with Crippen LogP contribution in [-0.2, 0) is 11.2 Å². The molecule has 0 radical (unpaired) electrons. The number of hydrogen-bond acceptors (Lipinski definition) is 5. The molecule has 1 rings (SSSR count). The molecule has 7 nitrogen and oxygen atoms in total. The number of amides is 1. The second-order valence-electron chi connectivity index (χ2n) is 6.70. The van der Waals surface area contributed by atoms with Gasteiger partial charge in [-0.25, -0.2) is 9.78 Å². The van der Waals surface area contributed by atoms with Gasteiger partial charge in [0.15, 0.2) is 5.96 Å². The van der Waals surface area contributed by atoms with Gasteiger partial charge >= 0.3 is 6.09 Å². The molecule has 0 aliphatic heterocycles. The molecule has 0 atom stereocenters. The molecule has 0 aliphatic rings. The second-order valence-corrected chi connectivity index (χ2v) is 8.02. The van der Waals surface area contributed by atoms with E-state index in [4.69, 9.17) is 4.74 Å². The molecule has 2 N–H and O–H groups in total. The first-order valence-electron chi connectivity index (χ1n) is 8.59. The number of aliphatic imine (C=N–C) groups is 1. The molecule has 0 spiro atoms. The maximum absolute atomic E-state index is 11.9. The van der Waals surface area contributed by atoms with E-state index in [1.165, 1.54) is 4.88 Å². The summed E-state index contributed by atoms with van der Waals surface area (Å²) >= 11 is 1.70. The predicted octanol–water partition coefficient (Wildman–Crippen LogP) is 3.03. The molecule has 0 fully saturated rings. The fourth-order valence-corrected chi connectivity index (χ4v) is 2.67. The molecule has 150 valence electrons. The Bertz CT molecular complexity index is 572. The monoisotopic (exact) mass is 497 g/mol. The number of thiazole rings is 1. The van der Waals surface area contributed by atoms with Gasteiger partial charge in [0.05, 0.1) is 5.01 Å². The fourth-order valence-electron chi connectivity index (χ4n) is 1.90. The van der Waals surface area contributed by atoms with Gasteiger partial charge in [-0.15, -0.1) is 35.3 Å². The van der Waals surface area contributed by atoms with Crippen LogP contribution in [0.2, 0.25) is 0 Å². The quantitative estimate of drug-likeness (QED) is 0.344. The number of carbonyl (C=O) groups excluding carboxylic acids is 1. The van der Waals surface area contributed by atoms with Crippen molar-refractivity contribution in [3.8, 4) is 0 Å². The van der Waals surface area contributed by atoms with Crippen molar-refractivity contribution in [2.24, 2.45) is 4.99 Å². The van der Waals surface area contributed by atoms with Crippen LogP contribution in [0.3, 0.4) is 0 Å². The summed E-state index contributed by atoms with van der Waals surface area (Å²) in [6, 6.07) is 0. The van der Waals surface area contributed by atoms with E-state index < -0.39 is 5.60 Å². The molecule has 1 aromatic heterocycles. The topological polar surface area (TPSA) is 78.9 Å². The van der Waals surface area contributed by atoms with Crippen LogP contribution in [0.15, 0.2) is 11.2 Å². The number of halogens is 1. The van der Waals surface area contributed by atoms with Crippen molar-refractivity contribution in [2.75, 3.05) is 33.2 Å². The van der Waals surface area contributed by atoms with Crippen molar-refractivity contribution < 1.29 is 9.53 Å². The van der Waals surface area contributed by atoms with Crippen molar-refractivity contribution in [2.45, 2.75) is 46.6 Å². The molecule has 1 heterocycles. The largest absolute Gasteiger partial charge is 0.444 e. The van der Waals surface area contributed by atoms with Gasteiger partial charge in [0, 0.05) is 50.7 Å². The number of guanidine groups is 1. The normalized spacial score (nSPS) is 11.5. The molecule has 0 bridgehead atoms. The van der Waals surface area contributed by atoms with E-state index >= 15 is 0 Å². The van der Waals surface area contributed by atoms with Gasteiger partial charge in [0.25, 0.3) is 0 Å². The Morgan fingerprint density at radius 1 is 1.38 bits per heavy atom. The number of ether oxygens (including phenoxy) is 1. The molecule has 0 aliphatic carbocycles. The SMILES string of the molecule is CCNC(=NCCc1ncc(C)s1)NCCN(C)C(=O)OC(C)(C)C.I. The number of nitrogens with zero attached hydrogens (tertiary/aromatic N) is 3. The number of nitrogens with one attached hydrogen (secondary N) is 2. The average molecular weight is 497 g/mol. The Labute approximate surface area is 178 Å². The van der Waals surface area contributed by atoms with Gasteiger partial charge in [-0.05, 0) is 34.6 Å². The summed E-state index contributed by atoms with van der Waals surface area (Å²) in [7, 11) is 1.73. The first-order chi connectivity index (χ1) is 11.7. The highest BCUT2D eigenvalue weighted by atomic mass is 127. The Hall–Kier alpha value is -1.10. The summed E-state index contributed by atoms with van der Waals surface area (Å²) in [5, 5.41) is 7.53. The fraction of sp³-hybridized carbons (Fsp3) is 0.706. The summed E-state index contributed by atoms with van der Waals surface area (Å²) in [4.78, 5) is 23.6. The highest BCUT2D eigenvalue weighted by Crippen LogP contribution is 2.11. The average Bonchev–Trinajstić information content (AvgIpc) is 2.91. The van der Waals surface area contributed by atoms with Crippen molar-refractivity contribution >= 4 is 47.4 Å². The van der Waals surface area contributed by atoms with Crippen LogP contribution in [0.1, 0.15) is 37.6 Å². The molecular formula is C17H32IN5O2S. The van der Waals surface area contributed by atoms with Gasteiger partial charge in [-0.3, -0.25) is 4.99 Å². The molecule has 1 amide bonds. The summed E-state index contributed by atoms with van der Waals surface area (Å²) in [6.07, 6.45) is 2.39. The van der Waals surface area contributed by atoms with Crippen LogP contribution < -0.4 is 10.6 Å². The van der Waals surface area contributed by atoms with Gasteiger partial charge in [-0.2, -0.15) is 0 Å². The van der Waals surface area contributed by atoms with Gasteiger partial charge in [0.1, 0.15) is 5.60 Å². The maximum atomic E-state index is 11.9. The van der Waals surface area contributed by atoms with Crippen molar-refractivity contribution in [1.82, 2.24) is 20.5 Å². The minimum Gasteiger partial charge on any atom is -0.444 e. The smallest absolute Gasteiger partial charge is 0.410 e. The zero-order valence-electron chi connectivity index (χ0n) is 16.6. The van der Waals surface area contributed by atoms with Crippen LogP contribution in [0.25, 0.3) is 0 Å². The lowest BCUT2D eigenvalue weighted by Crippen LogP contribution is -2.43. The Morgan fingerprint density at radius 3 is 2.62 bits per heavy atom. The molecule has 0 saturated carbocycles. The zero-order valence-corrected chi connectivity index (χ0v) is 19.7. The summed E-state index contributed by atoms with van der Waals surface area (Å²) < 4.78 is 5.33. The summed E-state index contributed by atoms with van der Waals surface area (Å²) in [5.74, 6) is 0.744. The molecule has 9 heteroatoms. The predicted molar refractivity (Wildman–Crippen MR) is 119 cm³/mol. The van der Waals surface area contributed by atoms with Crippen LogP contribution in [-0.4, -0.2) is 60.8 Å². The highest BCUT2D eigenvalue weighted by molar-refractivity contribution is 14.0. The molecular weight excluding hydrogens is 465 g/mol.